The molecule has 1 aliphatic rings. The van der Waals surface area contributed by atoms with Gasteiger partial charge in [0.1, 0.15) is 11.5 Å². The lowest BCUT2D eigenvalue weighted by Gasteiger charge is -2.12. The fourth-order valence-electron chi connectivity index (χ4n) is 2.63. The van der Waals surface area contributed by atoms with E-state index in [0.29, 0.717) is 11.3 Å². The van der Waals surface area contributed by atoms with Gasteiger partial charge in [0.25, 0.3) is 0 Å². The summed E-state index contributed by atoms with van der Waals surface area (Å²) in [6.07, 6.45) is 3.44. The highest BCUT2D eigenvalue weighted by Gasteiger charge is 2.15. The van der Waals surface area contributed by atoms with Crippen molar-refractivity contribution < 1.29 is 9.94 Å². The number of hydrogen-bond donors (Lipinski definition) is 2. The van der Waals surface area contributed by atoms with E-state index in [1.165, 1.54) is 17.5 Å². The number of hydrogen-bond acceptors (Lipinski definition) is 3. The summed E-state index contributed by atoms with van der Waals surface area (Å²) >= 11 is 3.40. The molecule has 0 amide bonds. The van der Waals surface area contributed by atoms with Crippen LogP contribution in [-0.4, -0.2) is 11.0 Å². The topological polar surface area (TPSA) is 67.8 Å². The normalized spacial score (nSPS) is 14.0. The Kier molecular flexibility index (Phi) is 3.84. The second kappa shape index (κ2) is 5.77. The number of nitrogens with two attached hydrogens (primary N) is 1. The standard InChI is InChI=1S/C16H15BrN2O2/c17-13-5-2-6-14(15(13)16(18)19-20)21-12-8-7-10-3-1-4-11(10)9-12/h2,5-9,20H,1,3-4H2,(H2,18,19). The lowest BCUT2D eigenvalue weighted by Crippen LogP contribution is -2.15. The molecule has 0 radical (unpaired) electrons. The maximum absolute atomic E-state index is 8.92. The number of aryl methyl sites for hydroxylation is 2. The Bertz CT molecular complexity index is 713. The molecule has 108 valence electrons. The average molecular weight is 347 g/mol. The Labute approximate surface area is 131 Å². The van der Waals surface area contributed by atoms with Crippen molar-refractivity contribution in [2.75, 3.05) is 0 Å². The zero-order valence-corrected chi connectivity index (χ0v) is 12.9. The molecule has 3 rings (SSSR count). The summed E-state index contributed by atoms with van der Waals surface area (Å²) in [5.41, 5.74) is 9.01. The number of oxime groups is 1. The van der Waals surface area contributed by atoms with Crippen molar-refractivity contribution >= 4 is 21.8 Å². The quantitative estimate of drug-likeness (QED) is 0.384. The summed E-state index contributed by atoms with van der Waals surface area (Å²) in [6.45, 7) is 0. The minimum absolute atomic E-state index is 0.0126. The second-order valence-electron chi connectivity index (χ2n) is 4.98. The van der Waals surface area contributed by atoms with Crippen LogP contribution in [0.15, 0.2) is 46.0 Å². The van der Waals surface area contributed by atoms with E-state index in [4.69, 9.17) is 15.7 Å². The molecule has 3 N–H and O–H groups in total. The minimum atomic E-state index is 0.0126. The van der Waals surface area contributed by atoms with Crippen LogP contribution < -0.4 is 10.5 Å². The molecule has 1 aliphatic carbocycles. The van der Waals surface area contributed by atoms with Gasteiger partial charge in [0.15, 0.2) is 5.84 Å². The van der Waals surface area contributed by atoms with Gasteiger partial charge in [0.05, 0.1) is 5.56 Å². The predicted octanol–water partition coefficient (Wildman–Crippen LogP) is 3.82. The van der Waals surface area contributed by atoms with Crippen molar-refractivity contribution in [2.45, 2.75) is 19.3 Å². The van der Waals surface area contributed by atoms with E-state index in [1.807, 2.05) is 18.2 Å². The van der Waals surface area contributed by atoms with Crippen molar-refractivity contribution in [1.82, 2.24) is 0 Å². The van der Waals surface area contributed by atoms with Crippen molar-refractivity contribution in [2.24, 2.45) is 10.9 Å². The number of halogens is 1. The van der Waals surface area contributed by atoms with Crippen molar-refractivity contribution in [3.8, 4) is 11.5 Å². The summed E-state index contributed by atoms with van der Waals surface area (Å²) in [5, 5.41) is 12.0. The van der Waals surface area contributed by atoms with Gasteiger partial charge in [-0.3, -0.25) is 0 Å². The second-order valence-corrected chi connectivity index (χ2v) is 5.84. The fourth-order valence-corrected chi connectivity index (χ4v) is 3.18. The molecule has 4 nitrogen and oxygen atoms in total. The fraction of sp³-hybridized carbons (Fsp3) is 0.188. The smallest absolute Gasteiger partial charge is 0.175 e. The molecule has 0 bridgehead atoms. The lowest BCUT2D eigenvalue weighted by molar-refractivity contribution is 0.318. The zero-order chi connectivity index (χ0) is 14.8. The number of amidine groups is 1. The summed E-state index contributed by atoms with van der Waals surface area (Å²) in [4.78, 5) is 0. The SMILES string of the molecule is N/C(=N/O)c1c(Br)cccc1Oc1ccc2c(c1)CCC2. The van der Waals surface area contributed by atoms with Crippen molar-refractivity contribution in [1.29, 1.82) is 0 Å². The number of benzene rings is 2. The molecule has 0 aromatic heterocycles. The highest BCUT2D eigenvalue weighted by molar-refractivity contribution is 9.10. The van der Waals surface area contributed by atoms with Gasteiger partial charge in [-0.1, -0.05) is 17.3 Å². The van der Waals surface area contributed by atoms with Gasteiger partial charge in [0.2, 0.25) is 0 Å². The van der Waals surface area contributed by atoms with Crippen LogP contribution in [-0.2, 0) is 12.8 Å². The maximum atomic E-state index is 8.92. The molecule has 0 heterocycles. The molecular weight excluding hydrogens is 332 g/mol. The molecule has 0 atom stereocenters. The molecule has 21 heavy (non-hydrogen) atoms. The van der Waals surface area contributed by atoms with Gasteiger partial charge in [-0.05, 0) is 70.6 Å². The molecule has 0 saturated carbocycles. The van der Waals surface area contributed by atoms with Crippen LogP contribution in [0.4, 0.5) is 0 Å². The predicted molar refractivity (Wildman–Crippen MR) is 85.2 cm³/mol. The first-order chi connectivity index (χ1) is 10.2. The Hall–Kier alpha value is -2.01. The summed E-state index contributed by atoms with van der Waals surface area (Å²) in [6, 6.07) is 11.6. The third-order valence-corrected chi connectivity index (χ3v) is 4.30. The average Bonchev–Trinajstić information content (AvgIpc) is 2.94. The van der Waals surface area contributed by atoms with E-state index in [9.17, 15) is 0 Å². The highest BCUT2D eigenvalue weighted by atomic mass is 79.9. The van der Waals surface area contributed by atoms with E-state index in [-0.39, 0.29) is 5.84 Å². The largest absolute Gasteiger partial charge is 0.457 e. The number of nitrogens with zero attached hydrogens (tertiary/aromatic N) is 1. The van der Waals surface area contributed by atoms with Gasteiger partial charge in [0, 0.05) is 4.47 Å². The molecule has 0 spiro atoms. The third-order valence-electron chi connectivity index (χ3n) is 3.64. The first kappa shape index (κ1) is 13.9. The van der Waals surface area contributed by atoms with Gasteiger partial charge >= 0.3 is 0 Å². The van der Waals surface area contributed by atoms with Crippen LogP contribution in [0.1, 0.15) is 23.1 Å². The molecule has 0 saturated heterocycles. The van der Waals surface area contributed by atoms with Crippen molar-refractivity contribution in [3.63, 3.8) is 0 Å². The van der Waals surface area contributed by atoms with Crippen LogP contribution in [0.5, 0.6) is 11.5 Å². The summed E-state index contributed by atoms with van der Waals surface area (Å²) < 4.78 is 6.66. The Morgan fingerprint density at radius 2 is 2.00 bits per heavy atom. The van der Waals surface area contributed by atoms with E-state index in [0.717, 1.165) is 23.1 Å². The lowest BCUT2D eigenvalue weighted by atomic mass is 10.1. The first-order valence-electron chi connectivity index (χ1n) is 6.75. The van der Waals surface area contributed by atoms with Gasteiger partial charge in [-0.25, -0.2) is 0 Å². The van der Waals surface area contributed by atoms with Crippen LogP contribution in [0, 0.1) is 0 Å². The third kappa shape index (κ3) is 2.74. The van der Waals surface area contributed by atoms with Gasteiger partial charge in [-0.15, -0.1) is 0 Å². The zero-order valence-electron chi connectivity index (χ0n) is 11.3. The number of ether oxygens (including phenoxy) is 1. The van der Waals surface area contributed by atoms with E-state index < -0.39 is 0 Å². The molecule has 2 aromatic carbocycles. The molecule has 5 heteroatoms. The van der Waals surface area contributed by atoms with E-state index in [1.54, 1.807) is 6.07 Å². The van der Waals surface area contributed by atoms with Crippen molar-refractivity contribution in [3.05, 3.63) is 57.6 Å². The summed E-state index contributed by atoms with van der Waals surface area (Å²) in [5.74, 6) is 1.33. The Morgan fingerprint density at radius 1 is 1.19 bits per heavy atom. The molecule has 0 unspecified atom stereocenters. The van der Waals surface area contributed by atoms with E-state index in [2.05, 4.69) is 33.2 Å². The van der Waals surface area contributed by atoms with Gasteiger partial charge < -0.3 is 15.7 Å². The first-order valence-corrected chi connectivity index (χ1v) is 7.54. The number of rotatable bonds is 3. The Balaban J connectivity index is 1.97. The van der Waals surface area contributed by atoms with Crippen LogP contribution >= 0.6 is 15.9 Å². The minimum Gasteiger partial charge on any atom is -0.457 e. The molecule has 0 fully saturated rings. The monoisotopic (exact) mass is 346 g/mol. The van der Waals surface area contributed by atoms with Crippen LogP contribution in [0.3, 0.4) is 0 Å². The molecule has 0 aliphatic heterocycles. The molecular formula is C16H15BrN2O2. The highest BCUT2D eigenvalue weighted by Crippen LogP contribution is 2.33. The van der Waals surface area contributed by atoms with Gasteiger partial charge in [-0.2, -0.15) is 0 Å². The number of fused-ring (bicyclic) bond motifs is 1. The maximum Gasteiger partial charge on any atom is 0.175 e. The van der Waals surface area contributed by atoms with Crippen LogP contribution in [0.25, 0.3) is 0 Å². The Morgan fingerprint density at radius 3 is 2.81 bits per heavy atom. The molecule has 2 aromatic rings. The van der Waals surface area contributed by atoms with Crippen LogP contribution in [0.2, 0.25) is 0 Å². The summed E-state index contributed by atoms with van der Waals surface area (Å²) in [7, 11) is 0. The van der Waals surface area contributed by atoms with E-state index >= 15 is 0 Å².